The molecule has 2 unspecified atom stereocenters. The van der Waals surface area contributed by atoms with Gasteiger partial charge in [0.2, 0.25) is 0 Å². The minimum Gasteiger partial charge on any atom is -0.494 e. The number of benzene rings is 3. The van der Waals surface area contributed by atoms with Crippen molar-refractivity contribution in [3.63, 3.8) is 0 Å². The normalized spacial score (nSPS) is 17.6. The summed E-state index contributed by atoms with van der Waals surface area (Å²) < 4.78 is 22.7. The summed E-state index contributed by atoms with van der Waals surface area (Å²) in [6, 6.07) is 21.8. The standard InChI is InChI=1S/C36H46O4/c1-27-23-32(24-28(2)36(27)38-22-10-6-4-8-12-35-26-40-35)31-15-13-29(14-16-31)30-17-19-33(20-18-30)37-21-9-5-3-7-11-34-25-39-34/h13-20,23-24,34-35H,3-12,21-22,25-26H2,1-2H3. The number of ether oxygens (including phenoxy) is 4. The molecule has 0 aliphatic carbocycles. The van der Waals surface area contributed by atoms with Gasteiger partial charge in [0, 0.05) is 0 Å². The summed E-state index contributed by atoms with van der Waals surface area (Å²) in [5.74, 6) is 1.99. The number of aryl methyl sites for hydroxylation is 2. The zero-order valence-corrected chi connectivity index (χ0v) is 24.5. The van der Waals surface area contributed by atoms with E-state index >= 15 is 0 Å². The molecule has 0 bridgehead atoms. The number of hydrogen-bond donors (Lipinski definition) is 0. The lowest BCUT2D eigenvalue weighted by Crippen LogP contribution is -2.01. The van der Waals surface area contributed by atoms with E-state index in [0.29, 0.717) is 12.2 Å². The van der Waals surface area contributed by atoms with Crippen molar-refractivity contribution in [3.8, 4) is 33.8 Å². The third-order valence-corrected chi connectivity index (χ3v) is 8.03. The molecule has 40 heavy (non-hydrogen) atoms. The SMILES string of the molecule is Cc1cc(-c2ccc(-c3ccc(OCCCCCCC4CO4)cc3)cc2)cc(C)c1OCCCCCCC1CO1. The molecule has 4 heteroatoms. The van der Waals surface area contributed by atoms with Gasteiger partial charge in [0.05, 0.1) is 38.6 Å². The van der Waals surface area contributed by atoms with Crippen molar-refractivity contribution in [1.82, 2.24) is 0 Å². The molecule has 2 fully saturated rings. The van der Waals surface area contributed by atoms with E-state index < -0.39 is 0 Å². The van der Waals surface area contributed by atoms with Crippen molar-refractivity contribution in [1.29, 1.82) is 0 Å². The van der Waals surface area contributed by atoms with Gasteiger partial charge in [0.1, 0.15) is 11.5 Å². The van der Waals surface area contributed by atoms with Gasteiger partial charge < -0.3 is 18.9 Å². The molecule has 0 spiro atoms. The van der Waals surface area contributed by atoms with Crippen molar-refractivity contribution in [2.45, 2.75) is 90.3 Å². The van der Waals surface area contributed by atoms with Crippen LogP contribution in [0.2, 0.25) is 0 Å². The fourth-order valence-electron chi connectivity index (χ4n) is 5.43. The average molecular weight is 543 g/mol. The van der Waals surface area contributed by atoms with E-state index in [0.717, 1.165) is 50.8 Å². The maximum atomic E-state index is 6.20. The largest absolute Gasteiger partial charge is 0.494 e. The highest BCUT2D eigenvalue weighted by Gasteiger charge is 2.21. The fourth-order valence-corrected chi connectivity index (χ4v) is 5.43. The van der Waals surface area contributed by atoms with Gasteiger partial charge >= 0.3 is 0 Å². The maximum absolute atomic E-state index is 6.20. The predicted octanol–water partition coefficient (Wildman–Crippen LogP) is 9.09. The summed E-state index contributed by atoms with van der Waals surface area (Å²) in [6.45, 7) is 7.84. The van der Waals surface area contributed by atoms with Crippen LogP contribution in [0, 0.1) is 13.8 Å². The molecule has 0 amide bonds. The summed E-state index contributed by atoms with van der Waals surface area (Å²) in [7, 11) is 0. The van der Waals surface area contributed by atoms with E-state index in [-0.39, 0.29) is 0 Å². The number of epoxide rings is 2. The van der Waals surface area contributed by atoms with Crippen LogP contribution in [0.25, 0.3) is 22.3 Å². The van der Waals surface area contributed by atoms with Crippen molar-refractivity contribution in [2.75, 3.05) is 26.4 Å². The van der Waals surface area contributed by atoms with Crippen molar-refractivity contribution in [2.24, 2.45) is 0 Å². The molecule has 0 aromatic heterocycles. The van der Waals surface area contributed by atoms with Crippen molar-refractivity contribution < 1.29 is 18.9 Å². The highest BCUT2D eigenvalue weighted by Crippen LogP contribution is 2.32. The monoisotopic (exact) mass is 542 g/mol. The summed E-state index contributed by atoms with van der Waals surface area (Å²) in [6.07, 6.45) is 13.3. The van der Waals surface area contributed by atoms with Gasteiger partial charge in [-0.25, -0.2) is 0 Å². The van der Waals surface area contributed by atoms with Crippen LogP contribution >= 0.6 is 0 Å². The minimum atomic E-state index is 0.561. The summed E-state index contributed by atoms with van der Waals surface area (Å²) in [5, 5.41) is 0. The first-order valence-corrected chi connectivity index (χ1v) is 15.5. The van der Waals surface area contributed by atoms with E-state index in [1.807, 2.05) is 0 Å². The van der Waals surface area contributed by atoms with E-state index in [1.165, 1.54) is 84.7 Å². The molecular formula is C36H46O4. The number of rotatable bonds is 18. The Morgan fingerprint density at radius 1 is 0.550 bits per heavy atom. The fraction of sp³-hybridized carbons (Fsp3) is 0.500. The quantitative estimate of drug-likeness (QED) is 0.119. The van der Waals surface area contributed by atoms with Gasteiger partial charge in [-0.1, -0.05) is 74.9 Å². The zero-order chi connectivity index (χ0) is 27.6. The molecule has 5 rings (SSSR count). The average Bonchev–Trinajstić information content (AvgIpc) is 3.90. The molecule has 3 aromatic carbocycles. The second-order valence-corrected chi connectivity index (χ2v) is 11.6. The topological polar surface area (TPSA) is 43.5 Å². The molecule has 2 aliphatic heterocycles. The zero-order valence-electron chi connectivity index (χ0n) is 24.5. The first-order valence-electron chi connectivity index (χ1n) is 15.5. The molecule has 4 nitrogen and oxygen atoms in total. The lowest BCUT2D eigenvalue weighted by atomic mass is 9.97. The lowest BCUT2D eigenvalue weighted by molar-refractivity contribution is 0.299. The Labute approximate surface area is 241 Å². The summed E-state index contributed by atoms with van der Waals surface area (Å²) in [5.41, 5.74) is 7.29. The molecule has 214 valence electrons. The second kappa shape index (κ2) is 14.7. The van der Waals surface area contributed by atoms with Crippen LogP contribution in [-0.4, -0.2) is 38.6 Å². The van der Waals surface area contributed by atoms with Gasteiger partial charge in [-0.15, -0.1) is 0 Å². The van der Waals surface area contributed by atoms with E-state index in [2.05, 4.69) is 74.5 Å². The van der Waals surface area contributed by atoms with Gasteiger partial charge in [-0.3, -0.25) is 0 Å². The van der Waals surface area contributed by atoms with Crippen molar-refractivity contribution >= 4 is 0 Å². The second-order valence-electron chi connectivity index (χ2n) is 11.6. The molecule has 3 aromatic rings. The molecule has 2 atom stereocenters. The van der Waals surface area contributed by atoms with Gasteiger partial charge in [0.15, 0.2) is 0 Å². The highest BCUT2D eigenvalue weighted by atomic mass is 16.6. The van der Waals surface area contributed by atoms with Crippen LogP contribution in [0.3, 0.4) is 0 Å². The predicted molar refractivity (Wildman–Crippen MR) is 163 cm³/mol. The van der Waals surface area contributed by atoms with E-state index in [4.69, 9.17) is 18.9 Å². The van der Waals surface area contributed by atoms with Crippen LogP contribution in [-0.2, 0) is 9.47 Å². The third kappa shape index (κ3) is 9.11. The minimum absolute atomic E-state index is 0.561. The number of unbranched alkanes of at least 4 members (excludes halogenated alkanes) is 6. The molecule has 0 N–H and O–H groups in total. The van der Waals surface area contributed by atoms with Gasteiger partial charge in [-0.2, -0.15) is 0 Å². The first kappa shape index (κ1) is 28.7. The van der Waals surface area contributed by atoms with Gasteiger partial charge in [0.25, 0.3) is 0 Å². The summed E-state index contributed by atoms with van der Waals surface area (Å²) >= 11 is 0. The third-order valence-electron chi connectivity index (χ3n) is 8.03. The van der Waals surface area contributed by atoms with Crippen molar-refractivity contribution in [3.05, 3.63) is 71.8 Å². The van der Waals surface area contributed by atoms with Crippen LogP contribution in [0.15, 0.2) is 60.7 Å². The summed E-state index contributed by atoms with van der Waals surface area (Å²) in [4.78, 5) is 0. The molecular weight excluding hydrogens is 496 g/mol. The Kier molecular flexibility index (Phi) is 10.6. The molecule has 0 radical (unpaired) electrons. The molecule has 2 saturated heterocycles. The first-order chi connectivity index (χ1) is 19.7. The van der Waals surface area contributed by atoms with E-state index in [1.54, 1.807) is 0 Å². The Balaban J connectivity index is 1.06. The van der Waals surface area contributed by atoms with Crippen LogP contribution in [0.1, 0.15) is 75.3 Å². The Hall–Kier alpha value is -2.82. The highest BCUT2D eigenvalue weighted by molar-refractivity contribution is 5.72. The van der Waals surface area contributed by atoms with Crippen LogP contribution < -0.4 is 9.47 Å². The van der Waals surface area contributed by atoms with E-state index in [9.17, 15) is 0 Å². The van der Waals surface area contributed by atoms with Crippen LogP contribution in [0.4, 0.5) is 0 Å². The van der Waals surface area contributed by atoms with Gasteiger partial charge in [-0.05, 0) is 97.2 Å². The smallest absolute Gasteiger partial charge is 0.125 e. The number of hydrogen-bond acceptors (Lipinski definition) is 4. The Bertz CT molecular complexity index is 1150. The molecule has 2 heterocycles. The molecule has 0 saturated carbocycles. The maximum Gasteiger partial charge on any atom is 0.125 e. The molecule has 2 aliphatic rings. The lowest BCUT2D eigenvalue weighted by Gasteiger charge is -2.15. The van der Waals surface area contributed by atoms with Crippen LogP contribution in [0.5, 0.6) is 11.5 Å². The Morgan fingerprint density at radius 2 is 0.975 bits per heavy atom. The Morgan fingerprint density at radius 3 is 1.48 bits per heavy atom.